The first kappa shape index (κ1) is 12.4. The molecule has 96 valence electrons. The van der Waals surface area contributed by atoms with E-state index >= 15 is 0 Å². The summed E-state index contributed by atoms with van der Waals surface area (Å²) in [5, 5.41) is 18.0. The SMILES string of the molecule is CC1(c2ccc(O)cc2)CCN(CC(=O)O)C1=O. The van der Waals surface area contributed by atoms with Crippen molar-refractivity contribution in [2.75, 3.05) is 13.1 Å². The van der Waals surface area contributed by atoms with Crippen molar-refractivity contribution in [3.8, 4) is 5.75 Å². The van der Waals surface area contributed by atoms with Gasteiger partial charge < -0.3 is 15.1 Å². The van der Waals surface area contributed by atoms with Crippen molar-refractivity contribution in [2.45, 2.75) is 18.8 Å². The lowest BCUT2D eigenvalue weighted by atomic mass is 9.81. The van der Waals surface area contributed by atoms with Crippen LogP contribution in [0.1, 0.15) is 18.9 Å². The molecule has 0 bridgehead atoms. The number of benzene rings is 1. The summed E-state index contributed by atoms with van der Waals surface area (Å²) >= 11 is 0. The number of hydrogen-bond donors (Lipinski definition) is 2. The molecule has 2 rings (SSSR count). The van der Waals surface area contributed by atoms with E-state index in [0.29, 0.717) is 13.0 Å². The van der Waals surface area contributed by atoms with Gasteiger partial charge in [0.1, 0.15) is 12.3 Å². The van der Waals surface area contributed by atoms with Gasteiger partial charge in [-0.1, -0.05) is 12.1 Å². The van der Waals surface area contributed by atoms with Gasteiger partial charge in [0.25, 0.3) is 0 Å². The van der Waals surface area contributed by atoms with Crippen LogP contribution in [0.25, 0.3) is 0 Å². The van der Waals surface area contributed by atoms with Gasteiger partial charge in [0, 0.05) is 6.54 Å². The molecule has 1 fully saturated rings. The summed E-state index contributed by atoms with van der Waals surface area (Å²) in [7, 11) is 0. The van der Waals surface area contributed by atoms with Gasteiger partial charge in [-0.05, 0) is 31.0 Å². The van der Waals surface area contributed by atoms with Gasteiger partial charge in [-0.3, -0.25) is 9.59 Å². The minimum absolute atomic E-state index is 0.148. The summed E-state index contributed by atoms with van der Waals surface area (Å²) in [6, 6.07) is 6.48. The number of carboxylic acid groups (broad SMARTS) is 1. The van der Waals surface area contributed by atoms with Crippen LogP contribution in [0.3, 0.4) is 0 Å². The van der Waals surface area contributed by atoms with Gasteiger partial charge in [-0.15, -0.1) is 0 Å². The molecular formula is C13H15NO4. The number of carbonyl (C=O) groups is 2. The van der Waals surface area contributed by atoms with Gasteiger partial charge in [-0.2, -0.15) is 0 Å². The smallest absolute Gasteiger partial charge is 0.323 e. The monoisotopic (exact) mass is 249 g/mol. The first-order valence-electron chi connectivity index (χ1n) is 5.74. The van der Waals surface area contributed by atoms with E-state index in [9.17, 15) is 14.7 Å². The summed E-state index contributed by atoms with van der Waals surface area (Å²) in [5.41, 5.74) is 0.113. The van der Waals surface area contributed by atoms with Crippen molar-refractivity contribution in [3.05, 3.63) is 29.8 Å². The van der Waals surface area contributed by atoms with E-state index in [4.69, 9.17) is 5.11 Å². The van der Waals surface area contributed by atoms with E-state index in [1.54, 1.807) is 12.1 Å². The molecule has 0 aromatic heterocycles. The van der Waals surface area contributed by atoms with Crippen molar-refractivity contribution >= 4 is 11.9 Å². The minimum Gasteiger partial charge on any atom is -0.508 e. The zero-order valence-electron chi connectivity index (χ0n) is 10.1. The fourth-order valence-electron chi connectivity index (χ4n) is 2.33. The van der Waals surface area contributed by atoms with Crippen molar-refractivity contribution in [1.82, 2.24) is 4.90 Å². The molecular weight excluding hydrogens is 234 g/mol. The zero-order chi connectivity index (χ0) is 13.3. The third kappa shape index (κ3) is 2.03. The summed E-state index contributed by atoms with van der Waals surface area (Å²) in [5.74, 6) is -1.02. The molecule has 1 saturated heterocycles. The number of phenols is 1. The standard InChI is InChI=1S/C13H15NO4/c1-13(9-2-4-10(15)5-3-9)6-7-14(12(13)18)8-11(16)17/h2-5,15H,6-8H2,1H3,(H,16,17). The van der Waals surface area contributed by atoms with Crippen LogP contribution in [0.5, 0.6) is 5.75 Å². The van der Waals surface area contributed by atoms with E-state index in [0.717, 1.165) is 5.56 Å². The summed E-state index contributed by atoms with van der Waals surface area (Å²) in [6.07, 6.45) is 0.587. The number of hydrogen-bond acceptors (Lipinski definition) is 3. The average Bonchev–Trinajstić information content (AvgIpc) is 2.59. The third-order valence-corrected chi connectivity index (χ3v) is 3.47. The maximum atomic E-state index is 12.2. The lowest BCUT2D eigenvalue weighted by Gasteiger charge is -2.23. The molecule has 0 aliphatic carbocycles. The topological polar surface area (TPSA) is 77.8 Å². The van der Waals surface area contributed by atoms with Crippen molar-refractivity contribution in [3.63, 3.8) is 0 Å². The average molecular weight is 249 g/mol. The number of amides is 1. The van der Waals surface area contributed by atoms with E-state index in [1.807, 2.05) is 6.92 Å². The highest BCUT2D eigenvalue weighted by Gasteiger charge is 2.44. The molecule has 1 aliphatic heterocycles. The number of aromatic hydroxyl groups is 1. The Balaban J connectivity index is 2.25. The number of nitrogens with zero attached hydrogens (tertiary/aromatic N) is 1. The van der Waals surface area contributed by atoms with Crippen LogP contribution < -0.4 is 0 Å². The Morgan fingerprint density at radius 3 is 2.56 bits per heavy atom. The number of carbonyl (C=O) groups excluding carboxylic acids is 1. The van der Waals surface area contributed by atoms with Crippen LogP contribution in [0.15, 0.2) is 24.3 Å². The molecule has 18 heavy (non-hydrogen) atoms. The van der Waals surface area contributed by atoms with Gasteiger partial charge in [0.05, 0.1) is 5.41 Å². The Labute approximate surface area is 105 Å². The Hall–Kier alpha value is -2.04. The highest BCUT2D eigenvalue weighted by atomic mass is 16.4. The fraction of sp³-hybridized carbons (Fsp3) is 0.385. The van der Waals surface area contributed by atoms with E-state index in [1.165, 1.54) is 17.0 Å². The second kappa shape index (κ2) is 4.33. The molecule has 1 aromatic carbocycles. The lowest BCUT2D eigenvalue weighted by Crippen LogP contribution is -2.38. The van der Waals surface area contributed by atoms with Crippen LogP contribution in [-0.2, 0) is 15.0 Å². The molecule has 1 unspecified atom stereocenters. The highest BCUT2D eigenvalue weighted by molar-refractivity contribution is 5.92. The number of carboxylic acids is 1. The number of aliphatic carboxylic acids is 1. The Morgan fingerprint density at radius 1 is 1.39 bits per heavy atom. The lowest BCUT2D eigenvalue weighted by molar-refractivity contribution is -0.144. The number of likely N-dealkylation sites (tertiary alicyclic amines) is 1. The molecule has 1 heterocycles. The summed E-state index contributed by atoms with van der Waals surface area (Å²) in [6.45, 7) is 2.00. The maximum absolute atomic E-state index is 12.2. The predicted molar refractivity (Wildman–Crippen MR) is 64.3 cm³/mol. The highest BCUT2D eigenvalue weighted by Crippen LogP contribution is 2.35. The largest absolute Gasteiger partial charge is 0.508 e. The first-order chi connectivity index (χ1) is 8.43. The molecule has 5 nitrogen and oxygen atoms in total. The number of phenolic OH excluding ortho intramolecular Hbond substituents is 1. The zero-order valence-corrected chi connectivity index (χ0v) is 10.1. The van der Waals surface area contributed by atoms with Crippen LogP contribution in [0, 0.1) is 0 Å². The van der Waals surface area contributed by atoms with E-state index in [-0.39, 0.29) is 18.2 Å². The van der Waals surface area contributed by atoms with Gasteiger partial charge in [-0.25, -0.2) is 0 Å². The molecule has 1 aliphatic rings. The molecule has 1 atom stereocenters. The van der Waals surface area contributed by atoms with Crippen LogP contribution in [0.2, 0.25) is 0 Å². The Bertz CT molecular complexity index is 482. The number of rotatable bonds is 3. The van der Waals surface area contributed by atoms with Crippen LogP contribution in [-0.4, -0.2) is 40.1 Å². The van der Waals surface area contributed by atoms with Gasteiger partial charge in [0.2, 0.25) is 5.91 Å². The maximum Gasteiger partial charge on any atom is 0.323 e. The molecule has 2 N–H and O–H groups in total. The second-order valence-corrected chi connectivity index (χ2v) is 4.75. The van der Waals surface area contributed by atoms with E-state index in [2.05, 4.69) is 0 Å². The molecule has 0 saturated carbocycles. The minimum atomic E-state index is -1.00. The normalized spacial score (nSPS) is 23.4. The Morgan fingerprint density at radius 2 is 2.00 bits per heavy atom. The van der Waals surface area contributed by atoms with Crippen molar-refractivity contribution in [1.29, 1.82) is 0 Å². The quantitative estimate of drug-likeness (QED) is 0.836. The molecule has 0 spiro atoms. The predicted octanol–water partition coefficient (Wildman–Crippen LogP) is 0.967. The molecule has 0 radical (unpaired) electrons. The fourth-order valence-corrected chi connectivity index (χ4v) is 2.33. The van der Waals surface area contributed by atoms with Crippen molar-refractivity contribution < 1.29 is 19.8 Å². The first-order valence-corrected chi connectivity index (χ1v) is 5.74. The second-order valence-electron chi connectivity index (χ2n) is 4.75. The van der Waals surface area contributed by atoms with Gasteiger partial charge >= 0.3 is 5.97 Å². The van der Waals surface area contributed by atoms with Gasteiger partial charge in [0.15, 0.2) is 0 Å². The third-order valence-electron chi connectivity index (χ3n) is 3.47. The van der Waals surface area contributed by atoms with Crippen LogP contribution in [0.4, 0.5) is 0 Å². The van der Waals surface area contributed by atoms with Crippen molar-refractivity contribution in [2.24, 2.45) is 0 Å². The summed E-state index contributed by atoms with van der Waals surface area (Å²) in [4.78, 5) is 24.3. The Kier molecular flexibility index (Phi) is 2.98. The molecule has 1 aromatic rings. The summed E-state index contributed by atoms with van der Waals surface area (Å²) < 4.78 is 0. The molecule has 5 heteroatoms. The van der Waals surface area contributed by atoms with E-state index < -0.39 is 11.4 Å². The van der Waals surface area contributed by atoms with Crippen LogP contribution >= 0.6 is 0 Å². The molecule has 1 amide bonds.